The Morgan fingerprint density at radius 3 is 2.56 bits per heavy atom. The maximum atomic E-state index is 11.4. The normalized spacial score (nSPS) is 14.6. The number of benzene rings is 1. The van der Waals surface area contributed by atoms with Crippen LogP contribution in [0.4, 0.5) is 5.69 Å². The fourth-order valence-electron chi connectivity index (χ4n) is 1.41. The highest BCUT2D eigenvalue weighted by atomic mass is 16.5. The lowest BCUT2D eigenvalue weighted by molar-refractivity contribution is -0.117. The van der Waals surface area contributed by atoms with Gasteiger partial charge in [-0.25, -0.2) is 0 Å². The largest absolute Gasteiger partial charge is 0.490 e. The molecule has 0 atom stereocenters. The molecule has 0 radical (unpaired) electrons. The number of amides is 1. The molecule has 0 saturated heterocycles. The van der Waals surface area contributed by atoms with Crippen LogP contribution in [-0.2, 0) is 4.79 Å². The van der Waals surface area contributed by atoms with Crippen molar-refractivity contribution >= 4 is 11.6 Å². The van der Waals surface area contributed by atoms with Gasteiger partial charge < -0.3 is 15.4 Å². The monoisotopic (exact) mass is 220 g/mol. The van der Waals surface area contributed by atoms with E-state index in [-0.39, 0.29) is 12.5 Å². The summed E-state index contributed by atoms with van der Waals surface area (Å²) in [5.41, 5.74) is 6.13. The van der Waals surface area contributed by atoms with E-state index in [9.17, 15) is 4.79 Å². The number of nitrogens with zero attached hydrogens (tertiary/aromatic N) is 1. The second-order valence-electron chi connectivity index (χ2n) is 3.97. The molecule has 4 nitrogen and oxygen atoms in total. The van der Waals surface area contributed by atoms with Gasteiger partial charge in [-0.15, -0.1) is 0 Å². The zero-order valence-corrected chi connectivity index (χ0v) is 9.35. The lowest BCUT2D eigenvalue weighted by Gasteiger charge is -2.16. The standard InChI is InChI=1S/C12H16N2O2/c1-14(12(15)8-13)9-2-4-10(5-3-9)16-11-6-7-11/h2-5,11H,6-8,13H2,1H3. The molecule has 1 aliphatic carbocycles. The summed E-state index contributed by atoms with van der Waals surface area (Å²) >= 11 is 0. The topological polar surface area (TPSA) is 55.6 Å². The van der Waals surface area contributed by atoms with E-state index in [1.54, 1.807) is 11.9 Å². The summed E-state index contributed by atoms with van der Waals surface area (Å²) in [4.78, 5) is 12.9. The molecule has 1 aliphatic rings. The van der Waals surface area contributed by atoms with Crippen LogP contribution in [0.15, 0.2) is 24.3 Å². The number of anilines is 1. The van der Waals surface area contributed by atoms with Crippen molar-refractivity contribution in [1.29, 1.82) is 0 Å². The Bertz CT molecular complexity index is 371. The first-order chi connectivity index (χ1) is 7.70. The molecule has 0 aromatic heterocycles. The average Bonchev–Trinajstić information content (AvgIpc) is 3.12. The number of hydrogen-bond donors (Lipinski definition) is 1. The molecule has 1 fully saturated rings. The van der Waals surface area contributed by atoms with Crippen LogP contribution in [0.25, 0.3) is 0 Å². The minimum absolute atomic E-state index is 0.0246. The number of carbonyl (C=O) groups is 1. The number of rotatable bonds is 4. The Kier molecular flexibility index (Phi) is 3.10. The van der Waals surface area contributed by atoms with Crippen molar-refractivity contribution in [2.75, 3.05) is 18.5 Å². The number of ether oxygens (including phenoxy) is 1. The molecule has 16 heavy (non-hydrogen) atoms. The summed E-state index contributed by atoms with van der Waals surface area (Å²) in [6, 6.07) is 7.50. The molecule has 0 aliphatic heterocycles. The van der Waals surface area contributed by atoms with Crippen molar-refractivity contribution in [2.24, 2.45) is 5.73 Å². The molecule has 1 amide bonds. The number of nitrogens with two attached hydrogens (primary N) is 1. The molecule has 1 aromatic carbocycles. The molecule has 0 unspecified atom stereocenters. The predicted octanol–water partition coefficient (Wildman–Crippen LogP) is 1.15. The molecule has 0 bridgehead atoms. The summed E-state index contributed by atoms with van der Waals surface area (Å²) in [6.45, 7) is 0.0246. The highest BCUT2D eigenvalue weighted by Crippen LogP contribution is 2.27. The summed E-state index contributed by atoms with van der Waals surface area (Å²) < 4.78 is 5.62. The lowest BCUT2D eigenvalue weighted by Crippen LogP contribution is -2.32. The van der Waals surface area contributed by atoms with Gasteiger partial charge in [0, 0.05) is 12.7 Å². The van der Waals surface area contributed by atoms with Crippen LogP contribution in [0.1, 0.15) is 12.8 Å². The minimum Gasteiger partial charge on any atom is -0.490 e. The van der Waals surface area contributed by atoms with Crippen molar-refractivity contribution < 1.29 is 9.53 Å². The minimum atomic E-state index is -0.101. The van der Waals surface area contributed by atoms with Gasteiger partial charge in [-0.1, -0.05) is 0 Å². The Hall–Kier alpha value is -1.55. The van der Waals surface area contributed by atoms with Crippen LogP contribution < -0.4 is 15.4 Å². The van der Waals surface area contributed by atoms with Crippen molar-refractivity contribution in [3.8, 4) is 5.75 Å². The summed E-state index contributed by atoms with van der Waals surface area (Å²) in [5, 5.41) is 0. The number of hydrogen-bond acceptors (Lipinski definition) is 3. The third-order valence-corrected chi connectivity index (χ3v) is 2.60. The third kappa shape index (κ3) is 2.52. The van der Waals surface area contributed by atoms with Gasteiger partial charge in [0.15, 0.2) is 0 Å². The average molecular weight is 220 g/mol. The Morgan fingerprint density at radius 2 is 2.06 bits per heavy atom. The molecule has 0 spiro atoms. The van der Waals surface area contributed by atoms with Crippen molar-refractivity contribution in [3.63, 3.8) is 0 Å². The highest BCUT2D eigenvalue weighted by molar-refractivity contribution is 5.94. The van der Waals surface area contributed by atoms with Gasteiger partial charge in [0.2, 0.25) is 5.91 Å². The zero-order valence-electron chi connectivity index (χ0n) is 9.35. The van der Waals surface area contributed by atoms with E-state index in [0.29, 0.717) is 6.10 Å². The van der Waals surface area contributed by atoms with Crippen LogP contribution in [0.3, 0.4) is 0 Å². The fourth-order valence-corrected chi connectivity index (χ4v) is 1.41. The van der Waals surface area contributed by atoms with Crippen LogP contribution in [-0.4, -0.2) is 25.6 Å². The van der Waals surface area contributed by atoms with Gasteiger partial charge in [-0.2, -0.15) is 0 Å². The lowest BCUT2D eigenvalue weighted by atomic mass is 10.3. The molecule has 0 heterocycles. The number of carbonyl (C=O) groups excluding carboxylic acids is 1. The SMILES string of the molecule is CN(C(=O)CN)c1ccc(OC2CC2)cc1. The summed E-state index contributed by atoms with van der Waals surface area (Å²) in [5.74, 6) is 0.760. The smallest absolute Gasteiger partial charge is 0.240 e. The quantitative estimate of drug-likeness (QED) is 0.828. The van der Waals surface area contributed by atoms with Crippen molar-refractivity contribution in [1.82, 2.24) is 0 Å². The van der Waals surface area contributed by atoms with Crippen LogP contribution in [0, 0.1) is 0 Å². The molecule has 1 aromatic rings. The second kappa shape index (κ2) is 4.53. The summed E-state index contributed by atoms with van der Waals surface area (Å²) in [7, 11) is 1.71. The second-order valence-corrected chi connectivity index (χ2v) is 3.97. The molecular weight excluding hydrogens is 204 g/mol. The molecule has 2 rings (SSSR count). The first-order valence-electron chi connectivity index (χ1n) is 5.44. The molecule has 86 valence electrons. The Balaban J connectivity index is 2.02. The Morgan fingerprint density at radius 1 is 1.44 bits per heavy atom. The van der Waals surface area contributed by atoms with Crippen LogP contribution in [0.2, 0.25) is 0 Å². The molecule has 2 N–H and O–H groups in total. The van der Waals surface area contributed by atoms with E-state index in [0.717, 1.165) is 24.3 Å². The van der Waals surface area contributed by atoms with Gasteiger partial charge in [-0.05, 0) is 37.1 Å². The van der Waals surface area contributed by atoms with Gasteiger partial charge in [-0.3, -0.25) is 4.79 Å². The van der Waals surface area contributed by atoms with E-state index in [2.05, 4.69) is 0 Å². The van der Waals surface area contributed by atoms with Crippen LogP contribution >= 0.6 is 0 Å². The highest BCUT2D eigenvalue weighted by Gasteiger charge is 2.23. The number of likely N-dealkylation sites (N-methyl/N-ethyl adjacent to an activating group) is 1. The molecule has 4 heteroatoms. The maximum absolute atomic E-state index is 11.4. The van der Waals surface area contributed by atoms with E-state index in [4.69, 9.17) is 10.5 Å². The van der Waals surface area contributed by atoms with E-state index in [1.807, 2.05) is 24.3 Å². The maximum Gasteiger partial charge on any atom is 0.240 e. The van der Waals surface area contributed by atoms with Gasteiger partial charge in [0.1, 0.15) is 5.75 Å². The fraction of sp³-hybridized carbons (Fsp3) is 0.417. The van der Waals surface area contributed by atoms with Crippen molar-refractivity contribution in [3.05, 3.63) is 24.3 Å². The third-order valence-electron chi connectivity index (χ3n) is 2.60. The predicted molar refractivity (Wildman–Crippen MR) is 62.6 cm³/mol. The first-order valence-corrected chi connectivity index (χ1v) is 5.44. The van der Waals surface area contributed by atoms with Gasteiger partial charge in [0.05, 0.1) is 12.6 Å². The molecular formula is C12H16N2O2. The van der Waals surface area contributed by atoms with Gasteiger partial charge in [0.25, 0.3) is 0 Å². The first kappa shape index (κ1) is 11.0. The van der Waals surface area contributed by atoms with Crippen molar-refractivity contribution in [2.45, 2.75) is 18.9 Å². The van der Waals surface area contributed by atoms with E-state index >= 15 is 0 Å². The Labute approximate surface area is 95.0 Å². The zero-order chi connectivity index (χ0) is 11.5. The van der Waals surface area contributed by atoms with Gasteiger partial charge >= 0.3 is 0 Å². The summed E-state index contributed by atoms with van der Waals surface area (Å²) in [6.07, 6.45) is 2.69. The van der Waals surface area contributed by atoms with E-state index in [1.165, 1.54) is 0 Å². The molecule has 1 saturated carbocycles. The van der Waals surface area contributed by atoms with E-state index < -0.39 is 0 Å². The van der Waals surface area contributed by atoms with Crippen LogP contribution in [0.5, 0.6) is 5.75 Å².